The van der Waals surface area contributed by atoms with Crippen LogP contribution in [0, 0.1) is 13.8 Å². The summed E-state index contributed by atoms with van der Waals surface area (Å²) in [5, 5.41) is 0. The predicted molar refractivity (Wildman–Crippen MR) is 102 cm³/mol. The Morgan fingerprint density at radius 1 is 1.00 bits per heavy atom. The summed E-state index contributed by atoms with van der Waals surface area (Å²) in [5.74, 6) is 1.75. The van der Waals surface area contributed by atoms with Crippen LogP contribution in [0.5, 0.6) is 11.5 Å². The number of nitrogens with zero attached hydrogens (tertiary/aromatic N) is 1. The third kappa shape index (κ3) is 3.44. The van der Waals surface area contributed by atoms with Crippen LogP contribution in [-0.2, 0) is 10.0 Å². The van der Waals surface area contributed by atoms with Crippen molar-refractivity contribution >= 4 is 10.0 Å². The van der Waals surface area contributed by atoms with E-state index in [2.05, 4.69) is 0 Å². The highest BCUT2D eigenvalue weighted by Crippen LogP contribution is 2.34. The Morgan fingerprint density at radius 2 is 1.62 bits per heavy atom. The van der Waals surface area contributed by atoms with Gasteiger partial charge in [-0.05, 0) is 67.1 Å². The van der Waals surface area contributed by atoms with Crippen molar-refractivity contribution in [2.75, 3.05) is 27.3 Å². The van der Waals surface area contributed by atoms with Crippen LogP contribution in [0.4, 0.5) is 0 Å². The largest absolute Gasteiger partial charge is 0.497 e. The summed E-state index contributed by atoms with van der Waals surface area (Å²) in [4.78, 5) is 0.337. The second kappa shape index (κ2) is 7.29. The van der Waals surface area contributed by atoms with Crippen LogP contribution >= 0.6 is 0 Å². The highest BCUT2D eigenvalue weighted by atomic mass is 32.2. The van der Waals surface area contributed by atoms with E-state index in [1.807, 2.05) is 38.1 Å². The molecule has 1 heterocycles. The quantitative estimate of drug-likeness (QED) is 0.803. The van der Waals surface area contributed by atoms with Crippen molar-refractivity contribution in [1.82, 2.24) is 4.31 Å². The summed E-state index contributed by atoms with van der Waals surface area (Å²) >= 11 is 0. The first-order valence-corrected chi connectivity index (χ1v) is 10.1. The summed E-state index contributed by atoms with van der Waals surface area (Å²) in [7, 11) is -0.272. The number of sulfonamides is 1. The van der Waals surface area contributed by atoms with Crippen molar-refractivity contribution in [3.8, 4) is 11.5 Å². The molecular formula is C20H25NO4S. The molecular weight excluding hydrogens is 350 g/mol. The molecule has 0 bridgehead atoms. The van der Waals surface area contributed by atoms with Gasteiger partial charge in [0.05, 0.1) is 19.1 Å². The first-order chi connectivity index (χ1) is 12.4. The molecule has 2 aromatic carbocycles. The SMILES string of the molecule is COc1ccc(C2CCN(S(=O)(=O)c3cc(C)c(OC)c(C)c3)C2)cc1. The molecule has 1 aliphatic heterocycles. The lowest BCUT2D eigenvalue weighted by molar-refractivity contribution is 0.408. The molecule has 26 heavy (non-hydrogen) atoms. The summed E-state index contributed by atoms with van der Waals surface area (Å²) < 4.78 is 38.3. The van der Waals surface area contributed by atoms with Crippen molar-refractivity contribution in [3.63, 3.8) is 0 Å². The highest BCUT2D eigenvalue weighted by molar-refractivity contribution is 7.89. The van der Waals surface area contributed by atoms with Gasteiger partial charge < -0.3 is 9.47 Å². The monoisotopic (exact) mass is 375 g/mol. The van der Waals surface area contributed by atoms with Crippen molar-refractivity contribution in [2.24, 2.45) is 0 Å². The average Bonchev–Trinajstić information content (AvgIpc) is 3.12. The van der Waals surface area contributed by atoms with E-state index < -0.39 is 10.0 Å². The standard InChI is InChI=1S/C20H25NO4S/c1-14-11-19(12-15(2)20(14)25-4)26(22,23)21-10-9-17(13-21)16-5-7-18(24-3)8-6-16/h5-8,11-12,17H,9-10,13H2,1-4H3. The first kappa shape index (κ1) is 18.7. The van der Waals surface area contributed by atoms with Gasteiger partial charge in [0.15, 0.2) is 0 Å². The van der Waals surface area contributed by atoms with E-state index in [1.165, 1.54) is 0 Å². The first-order valence-electron chi connectivity index (χ1n) is 8.66. The van der Waals surface area contributed by atoms with Crippen LogP contribution in [-0.4, -0.2) is 40.0 Å². The molecule has 1 atom stereocenters. The van der Waals surface area contributed by atoms with Crippen molar-refractivity contribution in [2.45, 2.75) is 31.1 Å². The molecule has 6 heteroatoms. The number of hydrogen-bond donors (Lipinski definition) is 0. The fraction of sp³-hybridized carbons (Fsp3) is 0.400. The molecule has 140 valence electrons. The Labute approximate surface area is 155 Å². The maximum atomic E-state index is 13.1. The molecule has 0 radical (unpaired) electrons. The van der Waals surface area contributed by atoms with Gasteiger partial charge in [-0.2, -0.15) is 4.31 Å². The smallest absolute Gasteiger partial charge is 0.243 e. The molecule has 5 nitrogen and oxygen atoms in total. The maximum absolute atomic E-state index is 13.1. The van der Waals surface area contributed by atoms with Crippen LogP contribution in [0.3, 0.4) is 0 Å². The van der Waals surface area contributed by atoms with E-state index in [0.29, 0.717) is 18.0 Å². The summed E-state index contributed by atoms with van der Waals surface area (Å²) in [6.07, 6.45) is 0.819. The maximum Gasteiger partial charge on any atom is 0.243 e. The van der Waals surface area contributed by atoms with E-state index in [-0.39, 0.29) is 5.92 Å². The van der Waals surface area contributed by atoms with Crippen LogP contribution in [0.25, 0.3) is 0 Å². The minimum Gasteiger partial charge on any atom is -0.497 e. The molecule has 0 spiro atoms. The lowest BCUT2D eigenvalue weighted by atomic mass is 9.99. The Balaban J connectivity index is 1.83. The minimum atomic E-state index is -3.51. The normalized spacial score (nSPS) is 18.1. The van der Waals surface area contributed by atoms with Gasteiger partial charge in [0.2, 0.25) is 10.0 Å². The van der Waals surface area contributed by atoms with Gasteiger partial charge in [-0.15, -0.1) is 0 Å². The number of rotatable bonds is 5. The lowest BCUT2D eigenvalue weighted by Gasteiger charge is -2.19. The Hall–Kier alpha value is -2.05. The highest BCUT2D eigenvalue weighted by Gasteiger charge is 2.33. The number of ether oxygens (including phenoxy) is 2. The lowest BCUT2D eigenvalue weighted by Crippen LogP contribution is -2.28. The molecule has 3 rings (SSSR count). The number of aryl methyl sites for hydroxylation is 2. The van der Waals surface area contributed by atoms with Gasteiger partial charge in [0, 0.05) is 13.1 Å². The van der Waals surface area contributed by atoms with Gasteiger partial charge in [-0.1, -0.05) is 12.1 Å². The Kier molecular flexibility index (Phi) is 5.25. The number of methoxy groups -OCH3 is 2. The molecule has 1 unspecified atom stereocenters. The Bertz CT molecular complexity index is 868. The number of hydrogen-bond acceptors (Lipinski definition) is 4. The second-order valence-corrected chi connectivity index (χ2v) is 8.65. The third-order valence-corrected chi connectivity index (χ3v) is 6.86. The predicted octanol–water partition coefficient (Wildman–Crippen LogP) is 3.50. The minimum absolute atomic E-state index is 0.205. The topological polar surface area (TPSA) is 55.8 Å². The average molecular weight is 375 g/mol. The van der Waals surface area contributed by atoms with Gasteiger partial charge in [-0.3, -0.25) is 0 Å². The van der Waals surface area contributed by atoms with Crippen LogP contribution in [0.15, 0.2) is 41.3 Å². The molecule has 1 fully saturated rings. The van der Waals surface area contributed by atoms with Crippen molar-refractivity contribution in [3.05, 3.63) is 53.1 Å². The van der Waals surface area contributed by atoms with Crippen molar-refractivity contribution < 1.29 is 17.9 Å². The van der Waals surface area contributed by atoms with Gasteiger partial charge in [0.1, 0.15) is 11.5 Å². The van der Waals surface area contributed by atoms with Gasteiger partial charge >= 0.3 is 0 Å². The summed E-state index contributed by atoms with van der Waals surface area (Å²) in [6, 6.07) is 11.3. The third-order valence-electron chi connectivity index (χ3n) is 5.01. The molecule has 0 amide bonds. The molecule has 0 aliphatic carbocycles. The van der Waals surface area contributed by atoms with Crippen LogP contribution in [0.1, 0.15) is 29.0 Å². The van der Waals surface area contributed by atoms with E-state index in [9.17, 15) is 8.42 Å². The summed E-state index contributed by atoms with van der Waals surface area (Å²) in [6.45, 7) is 4.77. The summed E-state index contributed by atoms with van der Waals surface area (Å²) in [5.41, 5.74) is 2.81. The van der Waals surface area contributed by atoms with Crippen LogP contribution < -0.4 is 9.47 Å². The van der Waals surface area contributed by atoms with E-state index in [0.717, 1.165) is 34.6 Å². The zero-order chi connectivity index (χ0) is 18.9. The fourth-order valence-corrected chi connectivity index (χ4v) is 5.30. The molecule has 0 saturated carbocycles. The second-order valence-electron chi connectivity index (χ2n) is 6.71. The molecule has 0 N–H and O–H groups in total. The van der Waals surface area contributed by atoms with Crippen molar-refractivity contribution in [1.29, 1.82) is 0 Å². The van der Waals surface area contributed by atoms with Gasteiger partial charge in [-0.25, -0.2) is 8.42 Å². The van der Waals surface area contributed by atoms with Crippen LogP contribution in [0.2, 0.25) is 0 Å². The molecule has 1 saturated heterocycles. The zero-order valence-electron chi connectivity index (χ0n) is 15.7. The zero-order valence-corrected chi connectivity index (χ0v) is 16.5. The van der Waals surface area contributed by atoms with E-state index >= 15 is 0 Å². The Morgan fingerprint density at radius 3 is 2.15 bits per heavy atom. The van der Waals surface area contributed by atoms with E-state index in [1.54, 1.807) is 30.7 Å². The molecule has 1 aliphatic rings. The molecule has 2 aromatic rings. The number of benzene rings is 2. The van der Waals surface area contributed by atoms with E-state index in [4.69, 9.17) is 9.47 Å². The molecule has 0 aromatic heterocycles. The van der Waals surface area contributed by atoms with Gasteiger partial charge in [0.25, 0.3) is 0 Å². The fourth-order valence-electron chi connectivity index (χ4n) is 3.63.